The summed E-state index contributed by atoms with van der Waals surface area (Å²) in [5.74, 6) is 0.161. The number of aromatic nitrogens is 1. The van der Waals surface area contributed by atoms with Gasteiger partial charge in [-0.15, -0.1) is 0 Å². The van der Waals surface area contributed by atoms with Crippen LogP contribution in [0.1, 0.15) is 42.5 Å². The molecule has 1 aromatic heterocycles. The van der Waals surface area contributed by atoms with E-state index in [1.165, 1.54) is 17.4 Å². The molecule has 2 heterocycles. The Hall–Kier alpha value is -1.66. The van der Waals surface area contributed by atoms with Crippen LogP contribution in [0.15, 0.2) is 41.1 Å². The van der Waals surface area contributed by atoms with Crippen LogP contribution >= 0.6 is 0 Å². The van der Waals surface area contributed by atoms with E-state index >= 15 is 0 Å². The summed E-state index contributed by atoms with van der Waals surface area (Å²) in [6, 6.07) is 10.0. The normalized spacial score (nSPS) is 22.5. The Morgan fingerprint density at radius 2 is 2.00 bits per heavy atom. The first-order valence-electron chi connectivity index (χ1n) is 7.96. The van der Waals surface area contributed by atoms with E-state index in [0.29, 0.717) is 12.2 Å². The van der Waals surface area contributed by atoms with Crippen molar-refractivity contribution in [3.8, 4) is 0 Å². The van der Waals surface area contributed by atoms with Crippen LogP contribution in [-0.4, -0.2) is 30.5 Å². The molecule has 5 nitrogen and oxygen atoms in total. The fourth-order valence-corrected chi connectivity index (χ4v) is 5.22. The lowest BCUT2D eigenvalue weighted by molar-refractivity contribution is 0.360. The van der Waals surface area contributed by atoms with Crippen LogP contribution in [0.3, 0.4) is 0 Å². The summed E-state index contributed by atoms with van der Waals surface area (Å²) in [6.07, 6.45) is 3.07. The number of sulfonamides is 1. The van der Waals surface area contributed by atoms with Gasteiger partial charge in [0.2, 0.25) is 10.0 Å². The maximum atomic E-state index is 12.7. The lowest BCUT2D eigenvalue weighted by Gasteiger charge is -2.26. The number of nitrogens with zero attached hydrogens (tertiary/aromatic N) is 2. The van der Waals surface area contributed by atoms with Gasteiger partial charge in [0, 0.05) is 24.6 Å². The highest BCUT2D eigenvalue weighted by atomic mass is 32.2. The quantitative estimate of drug-likeness (QED) is 0.843. The predicted molar refractivity (Wildman–Crippen MR) is 88.4 cm³/mol. The Bertz CT molecular complexity index is 739. The van der Waals surface area contributed by atoms with Crippen molar-refractivity contribution in [3.05, 3.63) is 53.4 Å². The molecule has 0 amide bonds. The molecule has 0 spiro atoms. The average Bonchev–Trinajstić information content (AvgIpc) is 3.16. The van der Waals surface area contributed by atoms with E-state index < -0.39 is 10.0 Å². The number of hydrogen-bond acceptors (Lipinski definition) is 4. The molecule has 1 aliphatic rings. The minimum Gasteiger partial charge on any atom is -0.364 e. The second-order valence-electron chi connectivity index (χ2n) is 6.14. The molecule has 0 bridgehead atoms. The molecule has 124 valence electrons. The molecule has 0 saturated carbocycles. The number of rotatable bonds is 5. The second kappa shape index (κ2) is 6.45. The third-order valence-electron chi connectivity index (χ3n) is 4.60. The van der Waals surface area contributed by atoms with E-state index in [0.717, 1.165) is 12.8 Å². The third-order valence-corrected chi connectivity index (χ3v) is 6.43. The summed E-state index contributed by atoms with van der Waals surface area (Å²) < 4.78 is 31.9. The molecular formula is C17H22N2O3S. The molecule has 1 saturated heterocycles. The summed E-state index contributed by atoms with van der Waals surface area (Å²) in [6.45, 7) is 4.68. The Kier molecular flexibility index (Phi) is 4.55. The van der Waals surface area contributed by atoms with Gasteiger partial charge in [0.05, 0.1) is 5.69 Å². The largest absolute Gasteiger partial charge is 0.364 e. The van der Waals surface area contributed by atoms with Gasteiger partial charge in [-0.1, -0.05) is 41.9 Å². The van der Waals surface area contributed by atoms with Gasteiger partial charge in [0.15, 0.2) is 0 Å². The molecule has 6 heteroatoms. The zero-order valence-corrected chi connectivity index (χ0v) is 14.3. The molecule has 2 atom stereocenters. The monoisotopic (exact) mass is 334 g/mol. The van der Waals surface area contributed by atoms with Crippen molar-refractivity contribution in [1.29, 1.82) is 0 Å². The smallest absolute Gasteiger partial charge is 0.220 e. The van der Waals surface area contributed by atoms with Gasteiger partial charge in [0.25, 0.3) is 0 Å². The Balaban J connectivity index is 1.82. The number of aryl methyl sites for hydroxylation is 1. The van der Waals surface area contributed by atoms with Crippen LogP contribution in [-0.2, 0) is 15.8 Å². The van der Waals surface area contributed by atoms with Crippen LogP contribution < -0.4 is 0 Å². The molecule has 3 rings (SSSR count). The molecule has 23 heavy (non-hydrogen) atoms. The van der Waals surface area contributed by atoms with Gasteiger partial charge in [-0.2, -0.15) is 4.31 Å². The second-order valence-corrected chi connectivity index (χ2v) is 8.06. The van der Waals surface area contributed by atoms with Crippen molar-refractivity contribution in [1.82, 2.24) is 9.46 Å². The molecular weight excluding hydrogens is 312 g/mol. The number of hydrogen-bond donors (Lipinski definition) is 0. The minimum atomic E-state index is -3.38. The highest BCUT2D eigenvalue weighted by Gasteiger charge is 2.40. The van der Waals surface area contributed by atoms with Crippen molar-refractivity contribution >= 4 is 10.0 Å². The van der Waals surface area contributed by atoms with Gasteiger partial charge in [-0.3, -0.25) is 0 Å². The van der Waals surface area contributed by atoms with Crippen LogP contribution in [0.2, 0.25) is 0 Å². The first kappa shape index (κ1) is 16.2. The number of benzene rings is 1. The van der Waals surface area contributed by atoms with Gasteiger partial charge >= 0.3 is 0 Å². The van der Waals surface area contributed by atoms with Crippen molar-refractivity contribution in [3.63, 3.8) is 0 Å². The molecule has 0 N–H and O–H groups in total. The fraction of sp³-hybridized carbons (Fsp3) is 0.471. The topological polar surface area (TPSA) is 63.4 Å². The van der Waals surface area contributed by atoms with E-state index in [9.17, 15) is 8.42 Å². The summed E-state index contributed by atoms with van der Waals surface area (Å²) in [7, 11) is -3.38. The summed E-state index contributed by atoms with van der Waals surface area (Å²) in [4.78, 5) is 0. The Morgan fingerprint density at radius 3 is 2.61 bits per heavy atom. The van der Waals surface area contributed by atoms with Crippen LogP contribution in [0.25, 0.3) is 0 Å². The fourth-order valence-electron chi connectivity index (χ4n) is 3.44. The van der Waals surface area contributed by atoms with E-state index in [1.807, 2.05) is 0 Å². The molecule has 0 unspecified atom stereocenters. The zero-order chi connectivity index (χ0) is 16.4. The summed E-state index contributed by atoms with van der Waals surface area (Å²) in [5, 5.41) is 3.73. The van der Waals surface area contributed by atoms with E-state index in [2.05, 4.69) is 43.3 Å². The van der Waals surface area contributed by atoms with Gasteiger partial charge in [-0.25, -0.2) is 8.42 Å². The molecule has 1 fully saturated rings. The van der Waals surface area contributed by atoms with Crippen molar-refractivity contribution in [2.45, 2.75) is 44.4 Å². The maximum Gasteiger partial charge on any atom is 0.220 e. The third kappa shape index (κ3) is 3.33. The van der Waals surface area contributed by atoms with Crippen LogP contribution in [0, 0.1) is 6.92 Å². The molecule has 0 aliphatic carbocycles. The highest BCUT2D eigenvalue weighted by molar-refractivity contribution is 7.88. The maximum absolute atomic E-state index is 12.7. The van der Waals surface area contributed by atoms with E-state index in [4.69, 9.17) is 4.52 Å². The SMILES string of the molecule is CC[C@H]1[C@@H](c2ccc(C)cc2)CCN1S(=O)(=O)Cc1ccon1. The Morgan fingerprint density at radius 1 is 1.26 bits per heavy atom. The lowest BCUT2D eigenvalue weighted by atomic mass is 9.90. The predicted octanol–water partition coefficient (Wildman–Crippen LogP) is 3.08. The van der Waals surface area contributed by atoms with Crippen molar-refractivity contribution < 1.29 is 12.9 Å². The lowest BCUT2D eigenvalue weighted by Crippen LogP contribution is -2.37. The summed E-state index contributed by atoms with van der Waals surface area (Å²) >= 11 is 0. The molecule has 1 aromatic carbocycles. The van der Waals surface area contributed by atoms with Crippen molar-refractivity contribution in [2.24, 2.45) is 0 Å². The van der Waals surface area contributed by atoms with E-state index in [1.54, 1.807) is 10.4 Å². The van der Waals surface area contributed by atoms with Gasteiger partial charge in [0.1, 0.15) is 12.0 Å². The average molecular weight is 334 g/mol. The Labute approximate surface area is 137 Å². The van der Waals surface area contributed by atoms with Gasteiger partial charge < -0.3 is 4.52 Å². The standard InChI is InChI=1S/C17H22N2O3S/c1-3-17-16(14-6-4-13(2)5-7-14)8-10-19(17)23(20,21)12-15-9-11-22-18-15/h4-7,9,11,16-17H,3,8,10,12H2,1-2H3/t16-,17+/m1/s1. The molecule has 0 radical (unpaired) electrons. The van der Waals surface area contributed by atoms with E-state index in [-0.39, 0.29) is 17.7 Å². The minimum absolute atomic E-state index is 0.00890. The van der Waals surface area contributed by atoms with Crippen molar-refractivity contribution in [2.75, 3.05) is 6.54 Å². The summed E-state index contributed by atoms with van der Waals surface area (Å²) in [5.41, 5.74) is 2.90. The molecule has 1 aliphatic heterocycles. The van der Waals surface area contributed by atoms with Crippen LogP contribution in [0.4, 0.5) is 0 Å². The molecule has 2 aromatic rings. The van der Waals surface area contributed by atoms with Crippen LogP contribution in [0.5, 0.6) is 0 Å². The first-order valence-corrected chi connectivity index (χ1v) is 9.57. The zero-order valence-electron chi connectivity index (χ0n) is 13.5. The highest BCUT2D eigenvalue weighted by Crippen LogP contribution is 2.37. The first-order chi connectivity index (χ1) is 11.0. The van der Waals surface area contributed by atoms with Gasteiger partial charge in [-0.05, 0) is 25.3 Å².